The predicted octanol–water partition coefficient (Wildman–Crippen LogP) is 0.836. The maximum Gasteiger partial charge on any atom is 0.322 e. The van der Waals surface area contributed by atoms with Crippen molar-refractivity contribution < 1.29 is 14.3 Å². The Balaban J connectivity index is 2.24. The van der Waals surface area contributed by atoms with Crippen LogP contribution in [-0.2, 0) is 14.3 Å². The fraction of sp³-hybridized carbons (Fsp3) is 0.900. The molecule has 4 heteroatoms. The number of hydrogen-bond donors (Lipinski definition) is 1. The van der Waals surface area contributed by atoms with Crippen molar-refractivity contribution in [1.29, 1.82) is 0 Å². The molecule has 1 aliphatic heterocycles. The molecule has 82 valence electrons. The lowest BCUT2D eigenvalue weighted by molar-refractivity contribution is -0.146. The summed E-state index contributed by atoms with van der Waals surface area (Å²) in [4.78, 5) is 11.2. The van der Waals surface area contributed by atoms with Gasteiger partial charge in [0.05, 0.1) is 12.7 Å². The van der Waals surface area contributed by atoms with Crippen molar-refractivity contribution in [3.05, 3.63) is 0 Å². The fourth-order valence-electron chi connectivity index (χ4n) is 1.62. The van der Waals surface area contributed by atoms with Crippen molar-refractivity contribution >= 4 is 5.97 Å². The Bertz CT molecular complexity index is 178. The standard InChI is InChI=1S/C10H19NO3/c1-2-13-10(12)9(11)7-8-5-3-4-6-14-8/h8-9H,2-7,11H2,1H3. The van der Waals surface area contributed by atoms with Gasteiger partial charge in [0.1, 0.15) is 6.04 Å². The number of carbonyl (C=O) groups excluding carboxylic acids is 1. The van der Waals surface area contributed by atoms with E-state index in [0.29, 0.717) is 13.0 Å². The minimum Gasteiger partial charge on any atom is -0.465 e. The van der Waals surface area contributed by atoms with Crippen LogP contribution in [0.4, 0.5) is 0 Å². The molecule has 1 fully saturated rings. The summed E-state index contributed by atoms with van der Waals surface area (Å²) in [6.45, 7) is 2.96. The van der Waals surface area contributed by atoms with Crippen molar-refractivity contribution in [2.45, 2.75) is 44.8 Å². The summed E-state index contributed by atoms with van der Waals surface area (Å²) < 4.78 is 10.3. The predicted molar refractivity (Wildman–Crippen MR) is 52.8 cm³/mol. The van der Waals surface area contributed by atoms with Crippen LogP contribution in [-0.4, -0.2) is 31.3 Å². The fourth-order valence-corrected chi connectivity index (χ4v) is 1.62. The normalized spacial score (nSPS) is 24.3. The molecule has 1 rings (SSSR count). The summed E-state index contributed by atoms with van der Waals surface area (Å²) in [6, 6.07) is -0.530. The van der Waals surface area contributed by atoms with Gasteiger partial charge in [-0.25, -0.2) is 0 Å². The van der Waals surface area contributed by atoms with E-state index >= 15 is 0 Å². The maximum absolute atomic E-state index is 11.2. The Morgan fingerprint density at radius 3 is 3.00 bits per heavy atom. The van der Waals surface area contributed by atoms with E-state index in [0.717, 1.165) is 19.4 Å². The van der Waals surface area contributed by atoms with Crippen molar-refractivity contribution in [3.63, 3.8) is 0 Å². The van der Waals surface area contributed by atoms with E-state index in [2.05, 4.69) is 0 Å². The zero-order valence-corrected chi connectivity index (χ0v) is 8.70. The van der Waals surface area contributed by atoms with Gasteiger partial charge in [-0.1, -0.05) is 0 Å². The Labute approximate surface area is 84.7 Å². The highest BCUT2D eigenvalue weighted by Crippen LogP contribution is 2.16. The average Bonchev–Trinajstić information content (AvgIpc) is 2.19. The van der Waals surface area contributed by atoms with Gasteiger partial charge in [-0.05, 0) is 32.6 Å². The topological polar surface area (TPSA) is 61.5 Å². The summed E-state index contributed by atoms with van der Waals surface area (Å²) in [5.41, 5.74) is 5.68. The maximum atomic E-state index is 11.2. The second kappa shape index (κ2) is 5.98. The van der Waals surface area contributed by atoms with Gasteiger partial charge in [0.2, 0.25) is 0 Å². The lowest BCUT2D eigenvalue weighted by Gasteiger charge is -2.24. The van der Waals surface area contributed by atoms with Gasteiger partial charge < -0.3 is 15.2 Å². The lowest BCUT2D eigenvalue weighted by Crippen LogP contribution is -2.37. The van der Waals surface area contributed by atoms with Crippen molar-refractivity contribution in [3.8, 4) is 0 Å². The Hall–Kier alpha value is -0.610. The van der Waals surface area contributed by atoms with Crippen molar-refractivity contribution in [2.24, 2.45) is 5.73 Å². The first-order valence-electron chi connectivity index (χ1n) is 5.28. The van der Waals surface area contributed by atoms with E-state index in [9.17, 15) is 4.79 Å². The average molecular weight is 201 g/mol. The monoisotopic (exact) mass is 201 g/mol. The zero-order chi connectivity index (χ0) is 10.4. The Morgan fingerprint density at radius 1 is 1.64 bits per heavy atom. The molecular formula is C10H19NO3. The van der Waals surface area contributed by atoms with Crippen molar-refractivity contribution in [2.75, 3.05) is 13.2 Å². The van der Waals surface area contributed by atoms with Gasteiger partial charge in [-0.15, -0.1) is 0 Å². The van der Waals surface area contributed by atoms with Crippen LogP contribution in [0.2, 0.25) is 0 Å². The molecule has 0 bridgehead atoms. The van der Waals surface area contributed by atoms with Crippen LogP contribution in [0.25, 0.3) is 0 Å². The summed E-state index contributed by atoms with van der Waals surface area (Å²) in [5.74, 6) is -0.318. The van der Waals surface area contributed by atoms with Crippen LogP contribution in [0, 0.1) is 0 Å². The molecule has 0 saturated carbocycles. The van der Waals surface area contributed by atoms with Gasteiger partial charge in [-0.2, -0.15) is 0 Å². The van der Waals surface area contributed by atoms with E-state index < -0.39 is 6.04 Å². The molecule has 0 aromatic rings. The van der Waals surface area contributed by atoms with E-state index in [-0.39, 0.29) is 12.1 Å². The number of carbonyl (C=O) groups is 1. The molecule has 0 aromatic carbocycles. The van der Waals surface area contributed by atoms with Crippen LogP contribution in [0.3, 0.4) is 0 Å². The SMILES string of the molecule is CCOC(=O)C(N)CC1CCCCO1. The first-order valence-corrected chi connectivity index (χ1v) is 5.28. The summed E-state index contributed by atoms with van der Waals surface area (Å²) in [5, 5.41) is 0. The molecule has 14 heavy (non-hydrogen) atoms. The van der Waals surface area contributed by atoms with E-state index in [1.165, 1.54) is 6.42 Å². The molecule has 0 amide bonds. The third-order valence-electron chi connectivity index (χ3n) is 2.38. The molecular weight excluding hydrogens is 182 g/mol. The van der Waals surface area contributed by atoms with Gasteiger partial charge in [-0.3, -0.25) is 4.79 Å². The third-order valence-corrected chi connectivity index (χ3v) is 2.38. The van der Waals surface area contributed by atoms with Gasteiger partial charge >= 0.3 is 5.97 Å². The molecule has 0 radical (unpaired) electrons. The summed E-state index contributed by atoms with van der Waals surface area (Å²) in [7, 11) is 0. The van der Waals surface area contributed by atoms with Crippen LogP contribution in [0.15, 0.2) is 0 Å². The minimum absolute atomic E-state index is 0.142. The minimum atomic E-state index is -0.530. The van der Waals surface area contributed by atoms with Gasteiger partial charge in [0, 0.05) is 6.61 Å². The number of rotatable bonds is 4. The highest BCUT2D eigenvalue weighted by atomic mass is 16.5. The molecule has 0 spiro atoms. The van der Waals surface area contributed by atoms with Crippen LogP contribution >= 0.6 is 0 Å². The van der Waals surface area contributed by atoms with Crippen LogP contribution < -0.4 is 5.73 Å². The quantitative estimate of drug-likeness (QED) is 0.684. The Morgan fingerprint density at radius 2 is 2.43 bits per heavy atom. The van der Waals surface area contributed by atoms with E-state index in [1.54, 1.807) is 6.92 Å². The second-order valence-corrected chi connectivity index (χ2v) is 3.58. The van der Waals surface area contributed by atoms with E-state index in [1.807, 2.05) is 0 Å². The molecule has 2 unspecified atom stereocenters. The van der Waals surface area contributed by atoms with E-state index in [4.69, 9.17) is 15.2 Å². The van der Waals surface area contributed by atoms with Crippen LogP contribution in [0.1, 0.15) is 32.6 Å². The molecule has 1 saturated heterocycles. The molecule has 1 heterocycles. The van der Waals surface area contributed by atoms with Gasteiger partial charge in [0.25, 0.3) is 0 Å². The second-order valence-electron chi connectivity index (χ2n) is 3.58. The number of esters is 1. The zero-order valence-electron chi connectivity index (χ0n) is 8.70. The molecule has 2 N–H and O–H groups in total. The number of ether oxygens (including phenoxy) is 2. The van der Waals surface area contributed by atoms with Gasteiger partial charge in [0.15, 0.2) is 0 Å². The molecule has 0 aromatic heterocycles. The lowest BCUT2D eigenvalue weighted by atomic mass is 10.0. The van der Waals surface area contributed by atoms with Crippen LogP contribution in [0.5, 0.6) is 0 Å². The molecule has 1 aliphatic rings. The molecule has 2 atom stereocenters. The van der Waals surface area contributed by atoms with Crippen molar-refractivity contribution in [1.82, 2.24) is 0 Å². The number of hydrogen-bond acceptors (Lipinski definition) is 4. The third kappa shape index (κ3) is 3.64. The largest absolute Gasteiger partial charge is 0.465 e. The highest BCUT2D eigenvalue weighted by molar-refractivity contribution is 5.75. The first kappa shape index (κ1) is 11.5. The smallest absolute Gasteiger partial charge is 0.322 e. The summed E-state index contributed by atoms with van der Waals surface area (Å²) >= 11 is 0. The highest BCUT2D eigenvalue weighted by Gasteiger charge is 2.22. The molecule has 0 aliphatic carbocycles. The number of nitrogens with two attached hydrogens (primary N) is 1. The molecule has 4 nitrogen and oxygen atoms in total. The summed E-state index contributed by atoms with van der Waals surface area (Å²) in [6.07, 6.45) is 4.01. The first-order chi connectivity index (χ1) is 6.74. The Kier molecular flexibility index (Phi) is 4.90.